The Morgan fingerprint density at radius 3 is 2.31 bits per heavy atom. The smallest absolute Gasteiger partial charge is 0.0451 e. The molecule has 16 heavy (non-hydrogen) atoms. The Morgan fingerprint density at radius 1 is 1.12 bits per heavy atom. The van der Waals surface area contributed by atoms with Gasteiger partial charge in [-0.2, -0.15) is 0 Å². The van der Waals surface area contributed by atoms with Crippen LogP contribution in [0.15, 0.2) is 30.3 Å². The van der Waals surface area contributed by atoms with Gasteiger partial charge in [-0.05, 0) is 36.2 Å². The van der Waals surface area contributed by atoms with E-state index in [1.807, 2.05) is 18.2 Å². The molecule has 0 saturated heterocycles. The fraction of sp³-hybridized carbons (Fsp3) is 0.500. The Bertz CT molecular complexity index is 386. The van der Waals surface area contributed by atoms with Gasteiger partial charge in [0.2, 0.25) is 0 Å². The van der Waals surface area contributed by atoms with Gasteiger partial charge in [0.25, 0.3) is 0 Å². The lowest BCUT2D eigenvalue weighted by Gasteiger charge is -2.57. The Labute approximate surface area is 95.3 Å². The molecule has 84 valence electrons. The third-order valence-electron chi connectivity index (χ3n) is 4.38. The molecule has 0 aromatic heterocycles. The first kappa shape index (κ1) is 9.88. The van der Waals surface area contributed by atoms with Crippen molar-refractivity contribution in [2.75, 3.05) is 0 Å². The van der Waals surface area contributed by atoms with Crippen molar-refractivity contribution < 1.29 is 9.90 Å². The first-order chi connectivity index (χ1) is 7.79. The van der Waals surface area contributed by atoms with Crippen LogP contribution in [0.5, 0.6) is 0 Å². The first-order valence-corrected chi connectivity index (χ1v) is 6.05. The van der Waals surface area contributed by atoms with Crippen LogP contribution in [0.25, 0.3) is 0 Å². The van der Waals surface area contributed by atoms with Gasteiger partial charge >= 0.3 is 0 Å². The monoisotopic (exact) mass is 215 g/mol. The maximum absolute atomic E-state index is 11.1. The Hall–Kier alpha value is -1.31. The fourth-order valence-electron chi connectivity index (χ4n) is 3.76. The third kappa shape index (κ3) is 1.29. The molecule has 2 aliphatic carbocycles. The van der Waals surface area contributed by atoms with Crippen molar-refractivity contribution in [3.05, 3.63) is 35.9 Å². The average molecular weight is 215 g/mol. The third-order valence-corrected chi connectivity index (χ3v) is 4.38. The summed E-state index contributed by atoms with van der Waals surface area (Å²) in [5.74, 6) is 0.107. The molecule has 0 amide bonds. The van der Waals surface area contributed by atoms with E-state index in [1.54, 1.807) is 0 Å². The van der Waals surface area contributed by atoms with Crippen LogP contribution in [-0.4, -0.2) is 5.97 Å². The summed E-state index contributed by atoms with van der Waals surface area (Å²) in [4.78, 5) is 11.1. The number of carboxylic acid groups (broad SMARTS) is 1. The van der Waals surface area contributed by atoms with Crippen LogP contribution in [0, 0.1) is 17.8 Å². The van der Waals surface area contributed by atoms with E-state index < -0.39 is 5.97 Å². The summed E-state index contributed by atoms with van der Waals surface area (Å²) in [6.45, 7) is 0. The van der Waals surface area contributed by atoms with Gasteiger partial charge < -0.3 is 9.90 Å². The maximum Gasteiger partial charge on any atom is 0.0451 e. The van der Waals surface area contributed by atoms with Gasteiger partial charge in [-0.15, -0.1) is 0 Å². The van der Waals surface area contributed by atoms with Gasteiger partial charge in [0, 0.05) is 11.9 Å². The Balaban J connectivity index is 1.88. The molecule has 2 fully saturated rings. The molecule has 2 saturated carbocycles. The summed E-state index contributed by atoms with van der Waals surface area (Å²) in [5, 5.41) is 11.1. The molecule has 2 aliphatic rings. The van der Waals surface area contributed by atoms with Crippen LogP contribution in [0.3, 0.4) is 0 Å². The zero-order valence-electron chi connectivity index (χ0n) is 9.13. The van der Waals surface area contributed by atoms with E-state index >= 15 is 0 Å². The molecule has 1 aromatic carbocycles. The van der Waals surface area contributed by atoms with Crippen molar-refractivity contribution in [1.29, 1.82) is 0 Å². The Kier molecular flexibility index (Phi) is 2.23. The van der Waals surface area contributed by atoms with E-state index in [0.717, 1.165) is 12.8 Å². The second-order valence-corrected chi connectivity index (χ2v) is 5.04. The molecule has 3 rings (SSSR count). The molecule has 2 bridgehead atoms. The van der Waals surface area contributed by atoms with Crippen LogP contribution < -0.4 is 5.11 Å². The zero-order valence-corrected chi connectivity index (χ0v) is 9.13. The largest absolute Gasteiger partial charge is 0.550 e. The van der Waals surface area contributed by atoms with E-state index in [9.17, 15) is 9.90 Å². The van der Waals surface area contributed by atoms with Crippen LogP contribution in [-0.2, 0) is 4.79 Å². The van der Waals surface area contributed by atoms with Crippen LogP contribution >= 0.6 is 0 Å². The highest BCUT2D eigenvalue weighted by Crippen LogP contribution is 2.59. The molecule has 0 N–H and O–H groups in total. The summed E-state index contributed by atoms with van der Waals surface area (Å²) >= 11 is 0. The number of hydrogen-bond acceptors (Lipinski definition) is 2. The van der Waals surface area contributed by atoms with Gasteiger partial charge in [0.05, 0.1) is 0 Å². The molecule has 0 aliphatic heterocycles. The second-order valence-electron chi connectivity index (χ2n) is 5.04. The lowest BCUT2D eigenvalue weighted by Crippen LogP contribution is -2.55. The number of rotatable bonds is 2. The predicted octanol–water partition coefficient (Wildman–Crippen LogP) is 1.57. The molecule has 0 radical (unpaired) electrons. The van der Waals surface area contributed by atoms with E-state index in [-0.39, 0.29) is 5.92 Å². The topological polar surface area (TPSA) is 40.1 Å². The summed E-state index contributed by atoms with van der Waals surface area (Å²) in [7, 11) is 0. The summed E-state index contributed by atoms with van der Waals surface area (Å²) < 4.78 is 0. The maximum atomic E-state index is 11.1. The van der Waals surface area contributed by atoms with Crippen LogP contribution in [0.4, 0.5) is 0 Å². The highest BCUT2D eigenvalue weighted by molar-refractivity contribution is 5.71. The first-order valence-electron chi connectivity index (χ1n) is 6.05. The number of hydrogen-bond donors (Lipinski definition) is 0. The van der Waals surface area contributed by atoms with Crippen molar-refractivity contribution in [2.45, 2.75) is 25.2 Å². The van der Waals surface area contributed by atoms with E-state index in [4.69, 9.17) is 0 Å². The number of fused-ring (bicyclic) bond motifs is 2. The second kappa shape index (κ2) is 3.62. The number of carboxylic acids is 1. The molecule has 2 heteroatoms. The van der Waals surface area contributed by atoms with Crippen molar-refractivity contribution in [1.82, 2.24) is 0 Å². The van der Waals surface area contributed by atoms with E-state index in [0.29, 0.717) is 17.8 Å². The SMILES string of the molecule is O=C([O-])C1[C@H]2CCC[C@@H]1C2c1ccccc1. The summed E-state index contributed by atoms with van der Waals surface area (Å²) in [6, 6.07) is 10.3. The van der Waals surface area contributed by atoms with Gasteiger partial charge in [0.1, 0.15) is 0 Å². The van der Waals surface area contributed by atoms with Gasteiger partial charge in [-0.3, -0.25) is 0 Å². The minimum Gasteiger partial charge on any atom is -0.550 e. The molecule has 0 heterocycles. The quantitative estimate of drug-likeness (QED) is 0.751. The average Bonchev–Trinajstić information content (AvgIpc) is 2.30. The fourth-order valence-corrected chi connectivity index (χ4v) is 3.76. The number of carbonyl (C=O) groups excluding carboxylic acids is 1. The van der Waals surface area contributed by atoms with Gasteiger partial charge in [-0.25, -0.2) is 0 Å². The standard InChI is InChI=1S/C14H16O2/c15-14(16)13-10-7-4-8-11(13)12(10)9-5-2-1-3-6-9/h1-3,5-6,10-13H,4,7-8H2,(H,15,16)/p-1/t10-,11+,12?,13?. The Morgan fingerprint density at radius 2 is 1.75 bits per heavy atom. The lowest BCUT2D eigenvalue weighted by atomic mass is 9.48. The minimum absolute atomic E-state index is 0.182. The number of aliphatic carboxylic acids is 1. The summed E-state index contributed by atoms with van der Waals surface area (Å²) in [5.41, 5.74) is 1.31. The molecule has 2 unspecified atom stereocenters. The van der Waals surface area contributed by atoms with Crippen molar-refractivity contribution in [3.63, 3.8) is 0 Å². The zero-order chi connectivity index (χ0) is 11.1. The molecule has 1 aromatic rings. The van der Waals surface area contributed by atoms with Crippen molar-refractivity contribution in [2.24, 2.45) is 17.8 Å². The molecular formula is C14H15O2-. The minimum atomic E-state index is -0.832. The van der Waals surface area contributed by atoms with Crippen LogP contribution in [0.1, 0.15) is 30.7 Å². The van der Waals surface area contributed by atoms with Crippen molar-refractivity contribution >= 4 is 5.97 Å². The number of carbonyl (C=O) groups is 1. The van der Waals surface area contributed by atoms with Crippen molar-refractivity contribution in [3.8, 4) is 0 Å². The normalized spacial score (nSPS) is 36.5. The lowest BCUT2D eigenvalue weighted by molar-refractivity contribution is -0.322. The van der Waals surface area contributed by atoms with E-state index in [2.05, 4.69) is 12.1 Å². The van der Waals surface area contributed by atoms with Crippen LogP contribution in [0.2, 0.25) is 0 Å². The molecular weight excluding hydrogens is 200 g/mol. The van der Waals surface area contributed by atoms with E-state index in [1.165, 1.54) is 12.0 Å². The highest BCUT2D eigenvalue weighted by atomic mass is 16.4. The van der Waals surface area contributed by atoms with Gasteiger partial charge in [-0.1, -0.05) is 36.8 Å². The summed E-state index contributed by atoms with van der Waals surface area (Å²) in [6.07, 6.45) is 3.28. The molecule has 4 atom stereocenters. The van der Waals surface area contributed by atoms with Gasteiger partial charge in [0.15, 0.2) is 0 Å². The highest BCUT2D eigenvalue weighted by Gasteiger charge is 2.52. The predicted molar refractivity (Wildman–Crippen MR) is 58.5 cm³/mol. The molecule has 0 spiro atoms. The molecule has 2 nitrogen and oxygen atoms in total. The number of benzene rings is 1.